The molecule has 2 saturated heterocycles. The quantitative estimate of drug-likeness (QED) is 0.923. The lowest BCUT2D eigenvalue weighted by Crippen LogP contribution is -2.36. The van der Waals surface area contributed by atoms with E-state index in [-0.39, 0.29) is 0 Å². The summed E-state index contributed by atoms with van der Waals surface area (Å²) in [5, 5.41) is 3.47. The van der Waals surface area contributed by atoms with Crippen LogP contribution in [-0.4, -0.2) is 37.3 Å². The molecule has 114 valence electrons. The maximum Gasteiger partial charge on any atom is 0.139 e. The Bertz CT molecular complexity index is 475. The molecule has 3 fully saturated rings. The van der Waals surface area contributed by atoms with Crippen LogP contribution in [0.4, 0.5) is 5.69 Å². The first-order valence-corrected chi connectivity index (χ1v) is 8.43. The summed E-state index contributed by atoms with van der Waals surface area (Å²) in [6.45, 7) is 4.29. The Morgan fingerprint density at radius 2 is 2.05 bits per heavy atom. The summed E-state index contributed by atoms with van der Waals surface area (Å²) < 4.78 is 5.94. The normalized spacial score (nSPS) is 31.6. The van der Waals surface area contributed by atoms with E-state index in [9.17, 15) is 0 Å². The number of piperidine rings is 1. The van der Waals surface area contributed by atoms with Gasteiger partial charge < -0.3 is 15.0 Å². The first-order valence-electron chi connectivity index (χ1n) is 8.43. The van der Waals surface area contributed by atoms with Gasteiger partial charge in [0, 0.05) is 25.2 Å². The van der Waals surface area contributed by atoms with Gasteiger partial charge in [0.25, 0.3) is 0 Å². The average Bonchev–Trinajstić information content (AvgIpc) is 3.15. The van der Waals surface area contributed by atoms with Crippen LogP contribution in [0.3, 0.4) is 0 Å². The molecule has 3 heterocycles. The zero-order chi connectivity index (χ0) is 14.1. The SMILES string of the molecule is c1ncc(N2CC3CCC(C3)C2)cc1OC[C@@H]1CCCN1. The minimum Gasteiger partial charge on any atom is -0.490 e. The van der Waals surface area contributed by atoms with E-state index in [1.807, 2.05) is 12.4 Å². The average molecular weight is 287 g/mol. The van der Waals surface area contributed by atoms with Crippen molar-refractivity contribution in [2.24, 2.45) is 11.8 Å². The van der Waals surface area contributed by atoms with Gasteiger partial charge in [0.2, 0.25) is 0 Å². The molecule has 4 heteroatoms. The van der Waals surface area contributed by atoms with Crippen molar-refractivity contribution in [3.8, 4) is 5.75 Å². The topological polar surface area (TPSA) is 37.4 Å². The van der Waals surface area contributed by atoms with Crippen molar-refractivity contribution in [1.82, 2.24) is 10.3 Å². The highest BCUT2D eigenvalue weighted by molar-refractivity contribution is 5.48. The number of anilines is 1. The lowest BCUT2D eigenvalue weighted by molar-refractivity contribution is 0.276. The van der Waals surface area contributed by atoms with Crippen molar-refractivity contribution in [3.05, 3.63) is 18.5 Å². The van der Waals surface area contributed by atoms with E-state index >= 15 is 0 Å². The molecule has 1 N–H and O–H groups in total. The fourth-order valence-electron chi connectivity index (χ4n) is 4.17. The van der Waals surface area contributed by atoms with Crippen molar-refractivity contribution in [2.75, 3.05) is 31.1 Å². The van der Waals surface area contributed by atoms with E-state index in [4.69, 9.17) is 4.74 Å². The van der Waals surface area contributed by atoms with Crippen molar-refractivity contribution < 1.29 is 4.74 Å². The molecule has 2 unspecified atom stereocenters. The molecule has 3 aliphatic rings. The van der Waals surface area contributed by atoms with Crippen molar-refractivity contribution in [1.29, 1.82) is 0 Å². The van der Waals surface area contributed by atoms with E-state index in [1.54, 1.807) is 0 Å². The second-order valence-electron chi connectivity index (χ2n) is 6.93. The van der Waals surface area contributed by atoms with Crippen molar-refractivity contribution >= 4 is 5.69 Å². The highest BCUT2D eigenvalue weighted by Crippen LogP contribution is 2.38. The molecular formula is C17H25N3O. The summed E-state index contributed by atoms with van der Waals surface area (Å²) in [5.41, 5.74) is 1.24. The minimum atomic E-state index is 0.513. The van der Waals surface area contributed by atoms with Gasteiger partial charge in [-0.15, -0.1) is 0 Å². The van der Waals surface area contributed by atoms with Crippen LogP contribution in [0.1, 0.15) is 32.1 Å². The Hall–Kier alpha value is -1.29. The highest BCUT2D eigenvalue weighted by Gasteiger charge is 2.33. The van der Waals surface area contributed by atoms with Crippen LogP contribution < -0.4 is 15.0 Å². The van der Waals surface area contributed by atoms with Gasteiger partial charge in [-0.1, -0.05) is 0 Å². The third kappa shape index (κ3) is 3.00. The van der Waals surface area contributed by atoms with E-state index in [2.05, 4.69) is 21.3 Å². The minimum absolute atomic E-state index is 0.513. The van der Waals surface area contributed by atoms with E-state index in [1.165, 1.54) is 50.9 Å². The third-order valence-corrected chi connectivity index (χ3v) is 5.28. The first-order chi connectivity index (χ1) is 10.4. The van der Waals surface area contributed by atoms with Crippen LogP contribution in [0.2, 0.25) is 0 Å². The number of fused-ring (bicyclic) bond motifs is 2. The van der Waals surface area contributed by atoms with Crippen molar-refractivity contribution in [3.63, 3.8) is 0 Å². The molecule has 0 amide bonds. The molecule has 3 atom stereocenters. The Morgan fingerprint density at radius 3 is 2.81 bits per heavy atom. The zero-order valence-corrected chi connectivity index (χ0v) is 12.6. The molecule has 1 aromatic heterocycles. The van der Waals surface area contributed by atoms with Gasteiger partial charge in [-0.2, -0.15) is 0 Å². The predicted octanol–water partition coefficient (Wildman–Crippen LogP) is 2.45. The number of pyridine rings is 1. The van der Waals surface area contributed by atoms with E-state index in [0.29, 0.717) is 6.04 Å². The van der Waals surface area contributed by atoms with Gasteiger partial charge in [0.05, 0.1) is 18.1 Å². The molecule has 2 aliphatic heterocycles. The second kappa shape index (κ2) is 5.84. The number of nitrogens with zero attached hydrogens (tertiary/aromatic N) is 2. The van der Waals surface area contributed by atoms with E-state index < -0.39 is 0 Å². The summed E-state index contributed by atoms with van der Waals surface area (Å²) >= 11 is 0. The van der Waals surface area contributed by atoms with Gasteiger partial charge in [-0.25, -0.2) is 0 Å². The van der Waals surface area contributed by atoms with Crippen LogP contribution in [0.25, 0.3) is 0 Å². The monoisotopic (exact) mass is 287 g/mol. The maximum absolute atomic E-state index is 5.94. The molecule has 1 saturated carbocycles. The fourth-order valence-corrected chi connectivity index (χ4v) is 4.17. The number of ether oxygens (including phenoxy) is 1. The molecule has 1 aliphatic carbocycles. The molecule has 4 nitrogen and oxygen atoms in total. The summed E-state index contributed by atoms with van der Waals surface area (Å²) in [6, 6.07) is 2.69. The van der Waals surface area contributed by atoms with Crippen LogP contribution in [0, 0.1) is 11.8 Å². The van der Waals surface area contributed by atoms with Crippen LogP contribution in [0.15, 0.2) is 18.5 Å². The summed E-state index contributed by atoms with van der Waals surface area (Å²) in [5.74, 6) is 2.71. The van der Waals surface area contributed by atoms with Gasteiger partial charge in [0.15, 0.2) is 0 Å². The summed E-state index contributed by atoms with van der Waals surface area (Å²) in [6.07, 6.45) is 10.6. The molecular weight excluding hydrogens is 262 g/mol. The largest absolute Gasteiger partial charge is 0.490 e. The predicted molar refractivity (Wildman–Crippen MR) is 83.8 cm³/mol. The molecule has 2 bridgehead atoms. The second-order valence-corrected chi connectivity index (χ2v) is 6.93. The molecule has 1 aromatic rings. The van der Waals surface area contributed by atoms with Crippen LogP contribution >= 0.6 is 0 Å². The lowest BCUT2D eigenvalue weighted by atomic mass is 9.98. The van der Waals surface area contributed by atoms with Crippen LogP contribution in [0.5, 0.6) is 5.75 Å². The molecule has 4 rings (SSSR count). The Balaban J connectivity index is 1.40. The molecule has 0 aromatic carbocycles. The van der Waals surface area contributed by atoms with Crippen LogP contribution in [-0.2, 0) is 0 Å². The Morgan fingerprint density at radius 1 is 1.19 bits per heavy atom. The highest BCUT2D eigenvalue weighted by atomic mass is 16.5. The molecule has 0 radical (unpaired) electrons. The number of hydrogen-bond donors (Lipinski definition) is 1. The van der Waals surface area contributed by atoms with Gasteiger partial charge in [0.1, 0.15) is 12.4 Å². The van der Waals surface area contributed by atoms with Gasteiger partial charge in [-0.05, 0) is 50.5 Å². The number of hydrogen-bond acceptors (Lipinski definition) is 4. The number of nitrogens with one attached hydrogen (secondary N) is 1. The smallest absolute Gasteiger partial charge is 0.139 e. The lowest BCUT2D eigenvalue weighted by Gasteiger charge is -2.33. The zero-order valence-electron chi connectivity index (χ0n) is 12.6. The maximum atomic E-state index is 5.94. The fraction of sp³-hybridized carbons (Fsp3) is 0.706. The summed E-state index contributed by atoms with van der Waals surface area (Å²) in [7, 11) is 0. The van der Waals surface area contributed by atoms with Gasteiger partial charge in [-0.3, -0.25) is 4.98 Å². The first kappa shape index (κ1) is 13.4. The molecule has 0 spiro atoms. The Labute approximate surface area is 126 Å². The number of rotatable bonds is 4. The summed E-state index contributed by atoms with van der Waals surface area (Å²) in [4.78, 5) is 6.90. The van der Waals surface area contributed by atoms with Crippen molar-refractivity contribution in [2.45, 2.75) is 38.1 Å². The molecule has 21 heavy (non-hydrogen) atoms. The number of aromatic nitrogens is 1. The van der Waals surface area contributed by atoms with E-state index in [0.717, 1.165) is 30.7 Å². The van der Waals surface area contributed by atoms with Gasteiger partial charge >= 0.3 is 0 Å². The Kier molecular flexibility index (Phi) is 3.72. The standard InChI is InChI=1S/C17H25N3O/c1-2-15(19-5-1)12-21-17-7-16(8-18-9-17)20-10-13-3-4-14(6-13)11-20/h7-9,13-15,19H,1-6,10-12H2/t13?,14?,15-/m0/s1. The third-order valence-electron chi connectivity index (χ3n) is 5.28.